The van der Waals surface area contributed by atoms with Crippen molar-refractivity contribution < 1.29 is 9.90 Å². The molecule has 2 rings (SSSR count). The molecule has 1 aliphatic heterocycles. The van der Waals surface area contributed by atoms with E-state index in [9.17, 15) is 9.90 Å². The van der Waals surface area contributed by atoms with Crippen molar-refractivity contribution in [2.24, 2.45) is 5.92 Å². The molecule has 1 aromatic rings. The second-order valence-electron chi connectivity index (χ2n) is 4.56. The number of hydrogen-bond acceptors (Lipinski definition) is 3. The van der Waals surface area contributed by atoms with E-state index in [1.807, 2.05) is 25.1 Å². The second kappa shape index (κ2) is 5.19. The standard InChI is InChI=1S/C13H16BrNO2/c1-9(17)10-4-5-15(7-10)13-6-12(14)3-2-11(13)8-16/h2-3,6,8-10,17H,4-5,7H2,1H3. The predicted octanol–water partition coefficient (Wildman–Crippen LogP) is 2.47. The number of benzene rings is 1. The number of aliphatic hydroxyl groups is 1. The summed E-state index contributed by atoms with van der Waals surface area (Å²) in [7, 11) is 0. The SMILES string of the molecule is CC(O)C1CCN(c2cc(Br)ccc2C=O)C1. The Morgan fingerprint density at radius 1 is 1.59 bits per heavy atom. The number of halogens is 1. The van der Waals surface area contributed by atoms with Crippen molar-refractivity contribution in [3.8, 4) is 0 Å². The Bertz CT molecular complexity index is 420. The van der Waals surface area contributed by atoms with Crippen LogP contribution in [0, 0.1) is 5.92 Å². The highest BCUT2D eigenvalue weighted by Gasteiger charge is 2.27. The molecule has 1 fully saturated rings. The van der Waals surface area contributed by atoms with E-state index in [4.69, 9.17) is 0 Å². The minimum atomic E-state index is -0.285. The first-order chi connectivity index (χ1) is 8.11. The van der Waals surface area contributed by atoms with E-state index in [2.05, 4.69) is 20.8 Å². The summed E-state index contributed by atoms with van der Waals surface area (Å²) in [5.41, 5.74) is 1.66. The van der Waals surface area contributed by atoms with E-state index in [0.29, 0.717) is 11.5 Å². The van der Waals surface area contributed by atoms with Crippen molar-refractivity contribution >= 4 is 27.9 Å². The summed E-state index contributed by atoms with van der Waals surface area (Å²) in [5.74, 6) is 0.300. The summed E-state index contributed by atoms with van der Waals surface area (Å²) in [6.45, 7) is 3.54. The van der Waals surface area contributed by atoms with Crippen molar-refractivity contribution in [3.05, 3.63) is 28.2 Å². The van der Waals surface area contributed by atoms with Gasteiger partial charge >= 0.3 is 0 Å². The lowest BCUT2D eigenvalue weighted by Gasteiger charge is -2.21. The van der Waals surface area contributed by atoms with Gasteiger partial charge in [0, 0.05) is 34.7 Å². The van der Waals surface area contributed by atoms with Gasteiger partial charge in [-0.2, -0.15) is 0 Å². The fourth-order valence-corrected chi connectivity index (χ4v) is 2.64. The summed E-state index contributed by atoms with van der Waals surface area (Å²) in [5, 5.41) is 9.59. The zero-order valence-corrected chi connectivity index (χ0v) is 11.4. The van der Waals surface area contributed by atoms with E-state index in [1.165, 1.54) is 0 Å². The van der Waals surface area contributed by atoms with Crippen LogP contribution < -0.4 is 4.90 Å². The molecular weight excluding hydrogens is 282 g/mol. The van der Waals surface area contributed by atoms with Crippen LogP contribution in [0.5, 0.6) is 0 Å². The number of rotatable bonds is 3. The molecule has 1 N–H and O–H groups in total. The summed E-state index contributed by atoms with van der Waals surface area (Å²) in [6.07, 6.45) is 1.58. The maximum absolute atomic E-state index is 11.0. The minimum absolute atomic E-state index is 0.285. The molecule has 0 amide bonds. The van der Waals surface area contributed by atoms with Crippen LogP contribution >= 0.6 is 15.9 Å². The van der Waals surface area contributed by atoms with Gasteiger partial charge in [-0.25, -0.2) is 0 Å². The zero-order chi connectivity index (χ0) is 12.4. The summed E-state index contributed by atoms with van der Waals surface area (Å²) < 4.78 is 0.971. The van der Waals surface area contributed by atoms with Crippen molar-refractivity contribution in [3.63, 3.8) is 0 Å². The molecule has 17 heavy (non-hydrogen) atoms. The number of aldehydes is 1. The lowest BCUT2D eigenvalue weighted by atomic mass is 10.0. The van der Waals surface area contributed by atoms with Gasteiger partial charge in [-0.3, -0.25) is 4.79 Å². The third-order valence-corrected chi connectivity index (χ3v) is 3.86. The Hall–Kier alpha value is -0.870. The first-order valence-electron chi connectivity index (χ1n) is 5.79. The van der Waals surface area contributed by atoms with Crippen LogP contribution in [0.2, 0.25) is 0 Å². The van der Waals surface area contributed by atoms with E-state index in [-0.39, 0.29) is 6.10 Å². The van der Waals surface area contributed by atoms with Crippen LogP contribution in [-0.4, -0.2) is 30.6 Å². The Balaban J connectivity index is 2.23. The number of anilines is 1. The molecule has 3 nitrogen and oxygen atoms in total. The zero-order valence-electron chi connectivity index (χ0n) is 9.77. The molecule has 2 unspecified atom stereocenters. The molecule has 0 spiro atoms. The Kier molecular flexibility index (Phi) is 3.84. The number of carbonyl (C=O) groups is 1. The van der Waals surface area contributed by atoms with E-state index < -0.39 is 0 Å². The third-order valence-electron chi connectivity index (χ3n) is 3.37. The molecule has 92 valence electrons. The number of aliphatic hydroxyl groups excluding tert-OH is 1. The minimum Gasteiger partial charge on any atom is -0.393 e. The van der Waals surface area contributed by atoms with Gasteiger partial charge in [0.05, 0.1) is 6.10 Å². The lowest BCUT2D eigenvalue weighted by molar-refractivity contribution is 0.112. The first-order valence-corrected chi connectivity index (χ1v) is 6.59. The van der Waals surface area contributed by atoms with Crippen LogP contribution in [0.1, 0.15) is 23.7 Å². The maximum atomic E-state index is 11.0. The molecule has 1 aromatic carbocycles. The van der Waals surface area contributed by atoms with Gasteiger partial charge in [-0.15, -0.1) is 0 Å². The average molecular weight is 298 g/mol. The average Bonchev–Trinajstić information content (AvgIpc) is 2.78. The number of nitrogens with zero attached hydrogens (tertiary/aromatic N) is 1. The largest absolute Gasteiger partial charge is 0.393 e. The second-order valence-corrected chi connectivity index (χ2v) is 5.47. The van der Waals surface area contributed by atoms with Gasteiger partial charge in [0.25, 0.3) is 0 Å². The highest BCUT2D eigenvalue weighted by atomic mass is 79.9. The Morgan fingerprint density at radius 2 is 2.35 bits per heavy atom. The fourth-order valence-electron chi connectivity index (χ4n) is 2.29. The molecule has 0 aromatic heterocycles. The van der Waals surface area contributed by atoms with E-state index in [1.54, 1.807) is 0 Å². The Morgan fingerprint density at radius 3 is 2.94 bits per heavy atom. The van der Waals surface area contributed by atoms with Crippen LogP contribution in [-0.2, 0) is 0 Å². The van der Waals surface area contributed by atoms with Crippen molar-refractivity contribution in [2.45, 2.75) is 19.4 Å². The summed E-state index contributed by atoms with van der Waals surface area (Å²) >= 11 is 3.42. The van der Waals surface area contributed by atoms with Crippen LogP contribution in [0.4, 0.5) is 5.69 Å². The molecule has 0 bridgehead atoms. The van der Waals surface area contributed by atoms with Crippen molar-refractivity contribution in [1.29, 1.82) is 0 Å². The van der Waals surface area contributed by atoms with Crippen LogP contribution in [0.15, 0.2) is 22.7 Å². The monoisotopic (exact) mass is 297 g/mol. The highest BCUT2D eigenvalue weighted by molar-refractivity contribution is 9.10. The van der Waals surface area contributed by atoms with E-state index in [0.717, 1.165) is 36.0 Å². The summed E-state index contributed by atoms with van der Waals surface area (Å²) in [4.78, 5) is 13.2. The van der Waals surface area contributed by atoms with Gasteiger partial charge < -0.3 is 10.0 Å². The molecule has 2 atom stereocenters. The molecule has 4 heteroatoms. The predicted molar refractivity (Wildman–Crippen MR) is 71.5 cm³/mol. The molecule has 1 heterocycles. The van der Waals surface area contributed by atoms with Crippen molar-refractivity contribution in [1.82, 2.24) is 0 Å². The molecule has 1 saturated heterocycles. The molecular formula is C13H16BrNO2. The van der Waals surface area contributed by atoms with Gasteiger partial charge in [0.2, 0.25) is 0 Å². The van der Waals surface area contributed by atoms with Crippen LogP contribution in [0.3, 0.4) is 0 Å². The highest BCUT2D eigenvalue weighted by Crippen LogP contribution is 2.30. The van der Waals surface area contributed by atoms with Crippen molar-refractivity contribution in [2.75, 3.05) is 18.0 Å². The van der Waals surface area contributed by atoms with Gasteiger partial charge in [-0.1, -0.05) is 15.9 Å². The summed E-state index contributed by atoms with van der Waals surface area (Å²) in [6, 6.07) is 5.66. The van der Waals surface area contributed by atoms with Gasteiger partial charge in [0.1, 0.15) is 0 Å². The number of carbonyl (C=O) groups excluding carboxylic acids is 1. The molecule has 0 radical (unpaired) electrons. The van der Waals surface area contributed by atoms with Gasteiger partial charge in [-0.05, 0) is 31.5 Å². The normalized spacial score (nSPS) is 21.6. The smallest absolute Gasteiger partial charge is 0.152 e. The van der Waals surface area contributed by atoms with Gasteiger partial charge in [0.15, 0.2) is 6.29 Å². The third kappa shape index (κ3) is 2.69. The molecule has 1 aliphatic rings. The molecule has 0 saturated carbocycles. The fraction of sp³-hybridized carbons (Fsp3) is 0.462. The van der Waals surface area contributed by atoms with E-state index >= 15 is 0 Å². The first kappa shape index (κ1) is 12.6. The topological polar surface area (TPSA) is 40.5 Å². The molecule has 0 aliphatic carbocycles. The van der Waals surface area contributed by atoms with Crippen LogP contribution in [0.25, 0.3) is 0 Å². The Labute approximate surface area is 110 Å². The number of hydrogen-bond donors (Lipinski definition) is 1. The quantitative estimate of drug-likeness (QED) is 0.872. The lowest BCUT2D eigenvalue weighted by Crippen LogP contribution is -2.24. The maximum Gasteiger partial charge on any atom is 0.152 e.